The monoisotopic (exact) mass is 440 g/mol. The summed E-state index contributed by atoms with van der Waals surface area (Å²) in [6, 6.07) is 23.1. The lowest BCUT2D eigenvalue weighted by atomic mass is 9.59. The standard InChI is InChI=1S/C28H16N4O2/c1-33-21-9-10-22(34-2)28-26-20-6-4-3-5-19(20)25(27(21)28)23-17(15(11-29)12-30)7-8-18(24(23)26)16(13-31)14-32/h3-10,25-26H,1-2H3. The smallest absolute Gasteiger partial charge is 0.137 e. The zero-order chi connectivity index (χ0) is 24.0. The van der Waals surface area contributed by atoms with Crippen molar-refractivity contribution in [1.82, 2.24) is 0 Å². The predicted molar refractivity (Wildman–Crippen MR) is 123 cm³/mol. The Bertz CT molecular complexity index is 1530. The van der Waals surface area contributed by atoms with E-state index in [2.05, 4.69) is 0 Å². The Hall–Kier alpha value is -5.04. The van der Waals surface area contributed by atoms with Crippen LogP contribution in [-0.4, -0.2) is 14.2 Å². The summed E-state index contributed by atoms with van der Waals surface area (Å²) < 4.78 is 11.5. The average molecular weight is 440 g/mol. The van der Waals surface area contributed by atoms with Crippen LogP contribution in [0.5, 0.6) is 11.5 Å². The molecule has 0 spiro atoms. The maximum Gasteiger partial charge on any atom is 0.137 e. The molecule has 0 aromatic heterocycles. The summed E-state index contributed by atoms with van der Waals surface area (Å²) in [5.74, 6) is 0.591. The van der Waals surface area contributed by atoms with Gasteiger partial charge < -0.3 is 9.47 Å². The van der Waals surface area contributed by atoms with Gasteiger partial charge in [0.05, 0.1) is 14.2 Å². The summed E-state index contributed by atoms with van der Waals surface area (Å²) in [6.45, 7) is 0. The van der Waals surface area contributed by atoms with Gasteiger partial charge in [0.2, 0.25) is 0 Å². The molecule has 0 N–H and O–H groups in total. The molecule has 6 heteroatoms. The van der Waals surface area contributed by atoms with Crippen LogP contribution in [0, 0.1) is 45.3 Å². The maximum atomic E-state index is 9.73. The summed E-state index contributed by atoms with van der Waals surface area (Å²) in [4.78, 5) is 0. The Morgan fingerprint density at radius 3 is 1.29 bits per heavy atom. The van der Waals surface area contributed by atoms with E-state index in [4.69, 9.17) is 9.47 Å². The van der Waals surface area contributed by atoms with Gasteiger partial charge in [-0.1, -0.05) is 36.4 Å². The summed E-state index contributed by atoms with van der Waals surface area (Å²) in [7, 11) is 3.21. The first-order valence-electron chi connectivity index (χ1n) is 10.5. The molecule has 0 fully saturated rings. The van der Waals surface area contributed by atoms with Crippen molar-refractivity contribution in [3.05, 3.63) is 92.3 Å². The number of methoxy groups -OCH3 is 2. The fourth-order valence-electron chi connectivity index (χ4n) is 5.48. The van der Waals surface area contributed by atoms with Crippen molar-refractivity contribution < 1.29 is 9.47 Å². The molecule has 3 aromatic rings. The van der Waals surface area contributed by atoms with Crippen molar-refractivity contribution in [2.45, 2.75) is 11.8 Å². The Morgan fingerprint density at radius 1 is 0.588 bits per heavy atom. The SMILES string of the molecule is COc1ccc(OC)c2c1C1c3ccccc3C2c2c1c(=C(C#N)C#N)ccc2=C(C#N)C#N. The van der Waals surface area contributed by atoms with Gasteiger partial charge >= 0.3 is 0 Å². The highest BCUT2D eigenvalue weighted by Gasteiger charge is 2.46. The van der Waals surface area contributed by atoms with Crippen LogP contribution in [0.1, 0.15) is 45.2 Å². The summed E-state index contributed by atoms with van der Waals surface area (Å²) in [5, 5.41) is 39.9. The van der Waals surface area contributed by atoms with Gasteiger partial charge in [0.25, 0.3) is 0 Å². The number of rotatable bonds is 2. The van der Waals surface area contributed by atoms with Crippen molar-refractivity contribution in [2.24, 2.45) is 0 Å². The molecule has 6 rings (SSSR count). The van der Waals surface area contributed by atoms with E-state index in [1.54, 1.807) is 26.4 Å². The molecule has 6 nitrogen and oxygen atoms in total. The van der Waals surface area contributed by atoms with E-state index in [0.29, 0.717) is 21.9 Å². The van der Waals surface area contributed by atoms with E-state index in [0.717, 1.165) is 33.4 Å². The summed E-state index contributed by atoms with van der Waals surface area (Å²) in [6.07, 6.45) is 0. The van der Waals surface area contributed by atoms with Gasteiger partial charge in [-0.25, -0.2) is 0 Å². The van der Waals surface area contributed by atoms with Crippen LogP contribution in [0.15, 0.2) is 48.5 Å². The number of ether oxygens (including phenoxy) is 2. The second-order valence-corrected chi connectivity index (χ2v) is 7.98. The zero-order valence-electron chi connectivity index (χ0n) is 18.4. The first-order valence-corrected chi connectivity index (χ1v) is 10.5. The van der Waals surface area contributed by atoms with Crippen LogP contribution in [0.3, 0.4) is 0 Å². The van der Waals surface area contributed by atoms with Crippen LogP contribution in [0.2, 0.25) is 0 Å². The topological polar surface area (TPSA) is 114 Å². The zero-order valence-corrected chi connectivity index (χ0v) is 18.4. The molecule has 3 aliphatic rings. The molecule has 3 aliphatic carbocycles. The molecule has 0 aliphatic heterocycles. The average Bonchev–Trinajstić information content (AvgIpc) is 2.89. The Labute approximate surface area is 196 Å². The third kappa shape index (κ3) is 2.58. The molecule has 0 radical (unpaired) electrons. The predicted octanol–water partition coefficient (Wildman–Crippen LogP) is 3.09. The van der Waals surface area contributed by atoms with Crippen LogP contribution >= 0.6 is 0 Å². The first kappa shape index (κ1) is 20.8. The largest absolute Gasteiger partial charge is 0.496 e. The van der Waals surface area contributed by atoms with Gasteiger partial charge in [0.15, 0.2) is 0 Å². The van der Waals surface area contributed by atoms with Gasteiger partial charge in [-0.05, 0) is 34.4 Å². The minimum absolute atomic E-state index is 0.0216. The molecule has 2 atom stereocenters. The third-order valence-electron chi connectivity index (χ3n) is 6.69. The molecule has 160 valence electrons. The molecular weight excluding hydrogens is 424 g/mol. The van der Waals surface area contributed by atoms with E-state index in [1.165, 1.54) is 0 Å². The highest BCUT2D eigenvalue weighted by atomic mass is 16.5. The third-order valence-corrected chi connectivity index (χ3v) is 6.69. The number of nitriles is 4. The van der Waals surface area contributed by atoms with E-state index in [9.17, 15) is 21.0 Å². The minimum atomic E-state index is -0.374. The van der Waals surface area contributed by atoms with Gasteiger partial charge in [0, 0.05) is 33.4 Å². The first-order chi connectivity index (χ1) is 16.6. The Morgan fingerprint density at radius 2 is 0.971 bits per heavy atom. The lowest BCUT2D eigenvalue weighted by Crippen LogP contribution is -2.38. The lowest BCUT2D eigenvalue weighted by Gasteiger charge is -2.43. The van der Waals surface area contributed by atoms with E-state index < -0.39 is 0 Å². The number of nitrogens with zero attached hydrogens (tertiary/aromatic N) is 4. The van der Waals surface area contributed by atoms with Gasteiger partial charge in [-0.15, -0.1) is 0 Å². The molecule has 2 unspecified atom stereocenters. The number of hydrogen-bond donors (Lipinski definition) is 0. The van der Waals surface area contributed by atoms with E-state index in [1.807, 2.05) is 60.7 Å². The molecule has 0 saturated heterocycles. The highest BCUT2D eigenvalue weighted by Crippen LogP contribution is 2.58. The molecule has 2 bridgehead atoms. The molecule has 0 heterocycles. The highest BCUT2D eigenvalue weighted by molar-refractivity contribution is 5.81. The van der Waals surface area contributed by atoms with Crippen LogP contribution in [0.4, 0.5) is 0 Å². The molecule has 34 heavy (non-hydrogen) atoms. The normalized spacial score (nSPS) is 15.8. The van der Waals surface area contributed by atoms with Crippen molar-refractivity contribution >= 4 is 11.1 Å². The van der Waals surface area contributed by atoms with Crippen LogP contribution < -0.4 is 19.9 Å². The molecule has 0 saturated carbocycles. The number of benzene rings is 3. The van der Waals surface area contributed by atoms with Crippen molar-refractivity contribution in [3.8, 4) is 35.8 Å². The van der Waals surface area contributed by atoms with Gasteiger partial charge in [-0.3, -0.25) is 0 Å². The van der Waals surface area contributed by atoms with Gasteiger partial charge in [-0.2, -0.15) is 21.0 Å². The number of hydrogen-bond acceptors (Lipinski definition) is 6. The van der Waals surface area contributed by atoms with Crippen molar-refractivity contribution in [1.29, 1.82) is 21.0 Å². The molecular formula is C28H16N4O2. The van der Waals surface area contributed by atoms with Crippen LogP contribution in [0.25, 0.3) is 11.1 Å². The summed E-state index contributed by atoms with van der Waals surface area (Å²) >= 11 is 0. The van der Waals surface area contributed by atoms with E-state index in [-0.39, 0.29) is 23.0 Å². The van der Waals surface area contributed by atoms with Gasteiger partial charge in [0.1, 0.15) is 46.9 Å². The molecule has 3 aromatic carbocycles. The Balaban J connectivity index is 2.11. The second-order valence-electron chi connectivity index (χ2n) is 7.98. The fourth-order valence-corrected chi connectivity index (χ4v) is 5.48. The second kappa shape index (κ2) is 7.83. The fraction of sp³-hybridized carbons (Fsp3) is 0.143. The maximum absolute atomic E-state index is 9.73. The summed E-state index contributed by atoms with van der Waals surface area (Å²) in [5.41, 5.74) is 5.33. The quantitative estimate of drug-likeness (QED) is 0.417. The van der Waals surface area contributed by atoms with Crippen molar-refractivity contribution in [3.63, 3.8) is 0 Å². The lowest BCUT2D eigenvalue weighted by molar-refractivity contribution is 0.389. The van der Waals surface area contributed by atoms with E-state index >= 15 is 0 Å². The minimum Gasteiger partial charge on any atom is -0.496 e. The molecule has 0 amide bonds. The Kier molecular flexibility index (Phi) is 4.80. The van der Waals surface area contributed by atoms with Crippen LogP contribution in [-0.2, 0) is 0 Å². The van der Waals surface area contributed by atoms with Crippen molar-refractivity contribution in [2.75, 3.05) is 14.2 Å².